The molecule has 112 valence electrons. The summed E-state index contributed by atoms with van der Waals surface area (Å²) in [4.78, 5) is 13.8. The van der Waals surface area contributed by atoms with Gasteiger partial charge in [0, 0.05) is 12.2 Å². The van der Waals surface area contributed by atoms with Gasteiger partial charge in [0.2, 0.25) is 5.91 Å². The first kappa shape index (κ1) is 15.5. The molecule has 0 spiro atoms. The molecule has 1 aromatic rings. The van der Waals surface area contributed by atoms with Crippen LogP contribution in [-0.4, -0.2) is 41.7 Å². The highest BCUT2D eigenvalue weighted by molar-refractivity contribution is 5.92. The molecule has 1 aliphatic rings. The molecule has 0 radical (unpaired) electrons. The van der Waals surface area contributed by atoms with E-state index in [-0.39, 0.29) is 12.5 Å². The van der Waals surface area contributed by atoms with Gasteiger partial charge in [-0.05, 0) is 38.1 Å². The van der Waals surface area contributed by atoms with Gasteiger partial charge in [-0.1, -0.05) is 18.9 Å². The van der Waals surface area contributed by atoms with Gasteiger partial charge in [-0.3, -0.25) is 9.69 Å². The first-order chi connectivity index (χ1) is 10.0. The molecule has 0 atom stereocenters. The number of aliphatic hydroxyl groups is 1. The molecule has 1 aromatic carbocycles. The van der Waals surface area contributed by atoms with Crippen LogP contribution in [0.3, 0.4) is 0 Å². The Kier molecular flexibility index (Phi) is 4.94. The number of likely N-dealkylation sites (N-methyl/N-ethyl adjacent to an activating group) is 1. The lowest BCUT2D eigenvalue weighted by Gasteiger charge is -2.28. The third-order valence-electron chi connectivity index (χ3n) is 3.79. The van der Waals surface area contributed by atoms with Crippen LogP contribution in [-0.2, 0) is 4.79 Å². The highest BCUT2D eigenvalue weighted by Gasteiger charge is 2.32. The first-order valence-electron chi connectivity index (χ1n) is 7.22. The largest absolute Gasteiger partial charge is 0.389 e. The zero-order valence-electron chi connectivity index (χ0n) is 12.3. The van der Waals surface area contributed by atoms with E-state index in [4.69, 9.17) is 5.26 Å². The van der Waals surface area contributed by atoms with Gasteiger partial charge in [0.1, 0.15) is 0 Å². The lowest BCUT2D eigenvalue weighted by atomic mass is 10.0. The van der Waals surface area contributed by atoms with Crippen molar-refractivity contribution in [2.24, 2.45) is 0 Å². The number of carbonyl (C=O) groups excluding carboxylic acids is 1. The Hall–Kier alpha value is -1.90. The van der Waals surface area contributed by atoms with Crippen LogP contribution < -0.4 is 5.32 Å². The molecule has 0 aliphatic heterocycles. The van der Waals surface area contributed by atoms with Gasteiger partial charge in [-0.2, -0.15) is 5.26 Å². The van der Waals surface area contributed by atoms with Crippen molar-refractivity contribution in [3.05, 3.63) is 29.8 Å². The van der Waals surface area contributed by atoms with Gasteiger partial charge >= 0.3 is 0 Å². The van der Waals surface area contributed by atoms with Crippen molar-refractivity contribution >= 4 is 11.6 Å². The third kappa shape index (κ3) is 4.55. The molecular weight excluding hydrogens is 266 g/mol. The van der Waals surface area contributed by atoms with Crippen molar-refractivity contribution in [3.63, 3.8) is 0 Å². The molecule has 5 nitrogen and oxygen atoms in total. The third-order valence-corrected chi connectivity index (χ3v) is 3.79. The van der Waals surface area contributed by atoms with E-state index < -0.39 is 5.60 Å². The molecule has 1 saturated carbocycles. The second-order valence-electron chi connectivity index (χ2n) is 5.84. The summed E-state index contributed by atoms with van der Waals surface area (Å²) in [6.07, 6.45) is 3.72. The summed E-state index contributed by atoms with van der Waals surface area (Å²) >= 11 is 0. The quantitative estimate of drug-likeness (QED) is 0.864. The second kappa shape index (κ2) is 6.70. The van der Waals surface area contributed by atoms with E-state index in [2.05, 4.69) is 5.32 Å². The highest BCUT2D eigenvalue weighted by atomic mass is 16.3. The molecule has 1 fully saturated rings. The minimum atomic E-state index is -0.643. The lowest BCUT2D eigenvalue weighted by Crippen LogP contribution is -2.42. The number of carbonyl (C=O) groups is 1. The minimum Gasteiger partial charge on any atom is -0.389 e. The van der Waals surface area contributed by atoms with E-state index in [1.807, 2.05) is 18.0 Å². The second-order valence-corrected chi connectivity index (χ2v) is 5.84. The molecule has 1 amide bonds. The first-order valence-corrected chi connectivity index (χ1v) is 7.22. The Morgan fingerprint density at radius 3 is 2.86 bits per heavy atom. The van der Waals surface area contributed by atoms with Crippen molar-refractivity contribution < 1.29 is 9.90 Å². The molecular formula is C16H21N3O2. The number of benzene rings is 1. The summed E-state index contributed by atoms with van der Waals surface area (Å²) in [6, 6.07) is 8.86. The van der Waals surface area contributed by atoms with Gasteiger partial charge in [0.15, 0.2) is 0 Å². The topological polar surface area (TPSA) is 76.4 Å². The van der Waals surface area contributed by atoms with E-state index in [0.717, 1.165) is 25.7 Å². The average molecular weight is 287 g/mol. The standard InChI is InChI=1S/C16H21N3O2/c1-19(12-16(21)7-2-3-8-16)11-15(20)18-14-6-4-5-13(9-14)10-17/h4-6,9,21H,2-3,7-8,11-12H2,1H3,(H,18,20). The fourth-order valence-corrected chi connectivity index (χ4v) is 2.86. The fraction of sp³-hybridized carbons (Fsp3) is 0.500. The zero-order chi connectivity index (χ0) is 15.3. The molecule has 0 unspecified atom stereocenters. The molecule has 0 heterocycles. The molecule has 0 saturated heterocycles. The molecule has 0 bridgehead atoms. The Morgan fingerprint density at radius 2 is 2.19 bits per heavy atom. The van der Waals surface area contributed by atoms with Crippen molar-refractivity contribution in [1.82, 2.24) is 4.90 Å². The molecule has 5 heteroatoms. The van der Waals surface area contributed by atoms with Crippen molar-refractivity contribution in [2.45, 2.75) is 31.3 Å². The molecule has 21 heavy (non-hydrogen) atoms. The smallest absolute Gasteiger partial charge is 0.238 e. The van der Waals surface area contributed by atoms with Gasteiger partial charge < -0.3 is 10.4 Å². The molecule has 1 aliphatic carbocycles. The van der Waals surface area contributed by atoms with E-state index in [1.165, 1.54) is 0 Å². The maximum atomic E-state index is 12.0. The number of anilines is 1. The zero-order valence-corrected chi connectivity index (χ0v) is 12.3. The van der Waals surface area contributed by atoms with E-state index in [0.29, 0.717) is 17.8 Å². The van der Waals surface area contributed by atoms with Crippen LogP contribution >= 0.6 is 0 Å². The van der Waals surface area contributed by atoms with E-state index in [9.17, 15) is 9.90 Å². The van der Waals surface area contributed by atoms with Crippen LogP contribution in [0.15, 0.2) is 24.3 Å². The Bertz CT molecular complexity index is 545. The summed E-state index contributed by atoms with van der Waals surface area (Å²) in [5.74, 6) is -0.144. The molecule has 2 rings (SSSR count). The summed E-state index contributed by atoms with van der Waals surface area (Å²) in [5.41, 5.74) is 0.490. The van der Waals surface area contributed by atoms with Gasteiger partial charge in [0.05, 0.1) is 23.8 Å². The number of nitrogens with one attached hydrogen (secondary N) is 1. The average Bonchev–Trinajstić information content (AvgIpc) is 2.84. The lowest BCUT2D eigenvalue weighted by molar-refractivity contribution is -0.117. The predicted molar refractivity (Wildman–Crippen MR) is 80.7 cm³/mol. The number of nitrogens with zero attached hydrogens (tertiary/aromatic N) is 2. The van der Waals surface area contributed by atoms with Crippen LogP contribution in [0.1, 0.15) is 31.2 Å². The number of amides is 1. The van der Waals surface area contributed by atoms with Gasteiger partial charge in [-0.25, -0.2) is 0 Å². The molecule has 0 aromatic heterocycles. The van der Waals surface area contributed by atoms with Crippen LogP contribution in [0.5, 0.6) is 0 Å². The fourth-order valence-electron chi connectivity index (χ4n) is 2.86. The predicted octanol–water partition coefficient (Wildman–Crippen LogP) is 1.73. The molecule has 2 N–H and O–H groups in total. The van der Waals surface area contributed by atoms with Crippen molar-refractivity contribution in [3.8, 4) is 6.07 Å². The van der Waals surface area contributed by atoms with E-state index in [1.54, 1.807) is 24.3 Å². The number of nitriles is 1. The van der Waals surface area contributed by atoms with Crippen LogP contribution in [0.2, 0.25) is 0 Å². The normalized spacial score (nSPS) is 16.7. The maximum absolute atomic E-state index is 12.0. The Morgan fingerprint density at radius 1 is 1.48 bits per heavy atom. The number of hydrogen-bond acceptors (Lipinski definition) is 4. The van der Waals surface area contributed by atoms with Crippen molar-refractivity contribution in [2.75, 3.05) is 25.5 Å². The monoisotopic (exact) mass is 287 g/mol. The number of hydrogen-bond donors (Lipinski definition) is 2. The maximum Gasteiger partial charge on any atom is 0.238 e. The van der Waals surface area contributed by atoms with Gasteiger partial charge in [0.25, 0.3) is 0 Å². The highest BCUT2D eigenvalue weighted by Crippen LogP contribution is 2.29. The number of rotatable bonds is 5. The van der Waals surface area contributed by atoms with Crippen LogP contribution in [0.4, 0.5) is 5.69 Å². The Labute approximate surface area is 125 Å². The van der Waals surface area contributed by atoms with Crippen molar-refractivity contribution in [1.29, 1.82) is 5.26 Å². The Balaban J connectivity index is 1.85. The van der Waals surface area contributed by atoms with Crippen LogP contribution in [0, 0.1) is 11.3 Å². The summed E-state index contributed by atoms with van der Waals surface area (Å²) in [7, 11) is 1.83. The van der Waals surface area contributed by atoms with Crippen LogP contribution in [0.25, 0.3) is 0 Å². The summed E-state index contributed by atoms with van der Waals surface area (Å²) < 4.78 is 0. The summed E-state index contributed by atoms with van der Waals surface area (Å²) in [6.45, 7) is 0.734. The van der Waals surface area contributed by atoms with Gasteiger partial charge in [-0.15, -0.1) is 0 Å². The minimum absolute atomic E-state index is 0.144. The summed E-state index contributed by atoms with van der Waals surface area (Å²) in [5, 5.41) is 21.9. The SMILES string of the molecule is CN(CC(=O)Nc1cccc(C#N)c1)CC1(O)CCCC1. The van der Waals surface area contributed by atoms with E-state index >= 15 is 0 Å².